The Kier molecular flexibility index (Phi) is 3.04. The third-order valence-electron chi connectivity index (χ3n) is 1.32. The Balaban J connectivity index is 2.56. The van der Waals surface area contributed by atoms with Crippen molar-refractivity contribution in [1.82, 2.24) is 0 Å². The van der Waals surface area contributed by atoms with Crippen LogP contribution in [0.4, 0.5) is 0 Å². The van der Waals surface area contributed by atoms with Gasteiger partial charge in [-0.05, 0) is 25.0 Å². The molecule has 1 aromatic rings. The fraction of sp³-hybridized carbons (Fsp3) is 0.200. The van der Waals surface area contributed by atoms with E-state index in [0.717, 1.165) is 5.75 Å². The molecule has 1 aromatic carbocycles. The summed E-state index contributed by atoms with van der Waals surface area (Å²) in [7, 11) is 0. The van der Waals surface area contributed by atoms with Crippen molar-refractivity contribution >= 4 is 0 Å². The normalized spacial score (nSPS) is 11.1. The molecule has 0 fully saturated rings. The molecule has 0 aliphatic rings. The Morgan fingerprint density at radius 3 is 2.58 bits per heavy atom. The Morgan fingerprint density at radius 1 is 1.33 bits per heavy atom. The minimum absolute atomic E-state index is 0.280. The fourth-order valence-electron chi connectivity index (χ4n) is 0.824. The lowest BCUT2D eigenvalue weighted by atomic mass is 10.3. The molecule has 0 saturated heterocycles. The van der Waals surface area contributed by atoms with E-state index in [1.807, 2.05) is 36.4 Å². The number of aliphatic hydroxyl groups excluding tert-OH is 1. The van der Waals surface area contributed by atoms with E-state index in [1.165, 1.54) is 0 Å². The van der Waals surface area contributed by atoms with Gasteiger partial charge in [0.15, 0.2) is 6.10 Å². The van der Waals surface area contributed by atoms with Crippen LogP contribution in [-0.4, -0.2) is 11.2 Å². The van der Waals surface area contributed by atoms with Crippen molar-refractivity contribution in [2.75, 3.05) is 0 Å². The van der Waals surface area contributed by atoms with Gasteiger partial charge in [0, 0.05) is 0 Å². The van der Waals surface area contributed by atoms with Gasteiger partial charge >= 0.3 is 0 Å². The second-order valence-electron chi connectivity index (χ2n) is 2.33. The fourth-order valence-corrected chi connectivity index (χ4v) is 0.824. The highest BCUT2D eigenvalue weighted by Crippen LogP contribution is 2.09. The Morgan fingerprint density at radius 2 is 2.00 bits per heavy atom. The van der Waals surface area contributed by atoms with E-state index < -0.39 is 0 Å². The second-order valence-corrected chi connectivity index (χ2v) is 2.33. The quantitative estimate of drug-likeness (QED) is 0.672. The highest BCUT2D eigenvalue weighted by atomic mass is 16.5. The first kappa shape index (κ1) is 8.48. The van der Waals surface area contributed by atoms with E-state index in [-0.39, 0.29) is 6.10 Å². The minimum atomic E-state index is -0.280. The summed E-state index contributed by atoms with van der Waals surface area (Å²) in [5.41, 5.74) is 0. The molecule has 0 aliphatic carbocycles. The van der Waals surface area contributed by atoms with Gasteiger partial charge in [-0.25, -0.2) is 0 Å². The molecular formula is C10H10O2. The maximum Gasteiger partial charge on any atom is 0.159 e. The number of aliphatic hydroxyl groups is 1. The van der Waals surface area contributed by atoms with Crippen LogP contribution in [0.25, 0.3) is 0 Å². The van der Waals surface area contributed by atoms with Crippen molar-refractivity contribution in [2.24, 2.45) is 0 Å². The number of ether oxygens (including phenoxy) is 1. The van der Waals surface area contributed by atoms with Crippen molar-refractivity contribution in [2.45, 2.75) is 13.0 Å². The van der Waals surface area contributed by atoms with Crippen LogP contribution in [0.3, 0.4) is 0 Å². The summed E-state index contributed by atoms with van der Waals surface area (Å²) in [6.45, 7) is 1.77. The number of hydrogen-bond donors (Lipinski definition) is 1. The van der Waals surface area contributed by atoms with Crippen LogP contribution < -0.4 is 4.74 Å². The topological polar surface area (TPSA) is 29.5 Å². The first-order chi connectivity index (χ1) is 5.83. The zero-order chi connectivity index (χ0) is 8.81. The van der Waals surface area contributed by atoms with E-state index in [1.54, 1.807) is 6.92 Å². The van der Waals surface area contributed by atoms with Crippen molar-refractivity contribution in [3.63, 3.8) is 0 Å². The lowest BCUT2D eigenvalue weighted by Gasteiger charge is -2.07. The monoisotopic (exact) mass is 162 g/mol. The standard InChI is InChI=1S/C10H10O2/c1-9(7-8-11)12-10-5-3-2-4-6-10/h2-6,9,11H,1H3. The first-order valence-electron chi connectivity index (χ1n) is 3.69. The minimum Gasteiger partial charge on any atom is -0.478 e. The molecule has 2 heteroatoms. The summed E-state index contributed by atoms with van der Waals surface area (Å²) in [5.74, 6) is 3.23. The molecule has 0 aliphatic heterocycles. The van der Waals surface area contributed by atoms with Gasteiger partial charge in [-0.1, -0.05) is 18.2 Å². The van der Waals surface area contributed by atoms with Gasteiger partial charge in [-0.15, -0.1) is 0 Å². The Labute approximate surface area is 71.8 Å². The maximum absolute atomic E-state index is 8.27. The van der Waals surface area contributed by atoms with Crippen LogP contribution in [0, 0.1) is 12.0 Å². The number of rotatable bonds is 2. The van der Waals surface area contributed by atoms with Crippen LogP contribution in [0.2, 0.25) is 0 Å². The summed E-state index contributed by atoms with van der Waals surface area (Å²) in [6.07, 6.45) is 1.53. The van der Waals surface area contributed by atoms with E-state index in [4.69, 9.17) is 9.84 Å². The lowest BCUT2D eigenvalue weighted by molar-refractivity contribution is 0.277. The number of hydrogen-bond acceptors (Lipinski definition) is 2. The summed E-state index contributed by atoms with van der Waals surface area (Å²) in [4.78, 5) is 0. The van der Waals surface area contributed by atoms with E-state index >= 15 is 0 Å². The zero-order valence-electron chi connectivity index (χ0n) is 6.82. The lowest BCUT2D eigenvalue weighted by Crippen LogP contribution is -2.08. The summed E-state index contributed by atoms with van der Waals surface area (Å²) in [6, 6.07) is 9.36. The van der Waals surface area contributed by atoms with E-state index in [2.05, 4.69) is 5.92 Å². The SMILES string of the molecule is CC(C#CO)Oc1ccccc1. The van der Waals surface area contributed by atoms with Crippen molar-refractivity contribution in [3.05, 3.63) is 30.3 Å². The van der Waals surface area contributed by atoms with Crippen LogP contribution in [0.15, 0.2) is 30.3 Å². The van der Waals surface area contributed by atoms with Crippen LogP contribution in [0.5, 0.6) is 5.75 Å². The first-order valence-corrected chi connectivity index (χ1v) is 3.69. The molecule has 1 rings (SSSR count). The highest BCUT2D eigenvalue weighted by Gasteiger charge is 1.97. The van der Waals surface area contributed by atoms with Gasteiger partial charge in [-0.2, -0.15) is 0 Å². The van der Waals surface area contributed by atoms with Crippen LogP contribution >= 0.6 is 0 Å². The van der Waals surface area contributed by atoms with E-state index in [9.17, 15) is 0 Å². The predicted molar refractivity (Wildman–Crippen MR) is 46.2 cm³/mol. The van der Waals surface area contributed by atoms with Crippen molar-refractivity contribution < 1.29 is 9.84 Å². The molecular weight excluding hydrogens is 152 g/mol. The van der Waals surface area contributed by atoms with Gasteiger partial charge in [0.1, 0.15) is 11.9 Å². The molecule has 2 nitrogen and oxygen atoms in total. The molecule has 1 N–H and O–H groups in total. The molecule has 62 valence electrons. The Bertz CT molecular complexity index is 282. The molecule has 12 heavy (non-hydrogen) atoms. The maximum atomic E-state index is 8.27. The van der Waals surface area contributed by atoms with Gasteiger partial charge in [0.05, 0.1) is 0 Å². The molecule has 1 unspecified atom stereocenters. The van der Waals surface area contributed by atoms with Crippen molar-refractivity contribution in [3.8, 4) is 17.8 Å². The highest BCUT2D eigenvalue weighted by molar-refractivity contribution is 5.22. The smallest absolute Gasteiger partial charge is 0.159 e. The molecule has 0 spiro atoms. The van der Waals surface area contributed by atoms with Gasteiger partial charge in [0.25, 0.3) is 0 Å². The third-order valence-corrected chi connectivity index (χ3v) is 1.32. The summed E-state index contributed by atoms with van der Waals surface area (Å²) < 4.78 is 5.32. The molecule has 0 aromatic heterocycles. The van der Waals surface area contributed by atoms with Gasteiger partial charge < -0.3 is 9.84 Å². The summed E-state index contributed by atoms with van der Waals surface area (Å²) >= 11 is 0. The van der Waals surface area contributed by atoms with Crippen LogP contribution in [0.1, 0.15) is 6.92 Å². The van der Waals surface area contributed by atoms with E-state index in [0.29, 0.717) is 0 Å². The second kappa shape index (κ2) is 4.30. The van der Waals surface area contributed by atoms with Gasteiger partial charge in [0.2, 0.25) is 0 Å². The summed E-state index contributed by atoms with van der Waals surface area (Å²) in [5, 5.41) is 8.27. The molecule has 0 radical (unpaired) electrons. The molecule has 0 saturated carbocycles. The predicted octanol–water partition coefficient (Wildman–Crippen LogP) is 1.79. The average molecular weight is 162 g/mol. The van der Waals surface area contributed by atoms with Crippen molar-refractivity contribution in [1.29, 1.82) is 0 Å². The van der Waals surface area contributed by atoms with Gasteiger partial charge in [-0.3, -0.25) is 0 Å². The molecule has 0 amide bonds. The number of benzene rings is 1. The van der Waals surface area contributed by atoms with Crippen LogP contribution in [-0.2, 0) is 0 Å². The molecule has 0 bridgehead atoms. The zero-order valence-corrected chi connectivity index (χ0v) is 6.82. The third kappa shape index (κ3) is 2.55. The molecule has 0 heterocycles. The number of para-hydroxylation sites is 1. The molecule has 1 atom stereocenters. The largest absolute Gasteiger partial charge is 0.478 e. The average Bonchev–Trinajstić information content (AvgIpc) is 2.06. The Hall–Kier alpha value is -1.62.